The molecule has 0 heterocycles. The van der Waals surface area contributed by atoms with E-state index >= 15 is 0 Å². The highest BCUT2D eigenvalue weighted by Gasteiger charge is 2.09. The second kappa shape index (κ2) is 14.5. The molecule has 4 aromatic rings. The molecule has 4 nitrogen and oxygen atoms in total. The first-order valence-electron chi connectivity index (χ1n) is 10.8. The molecule has 34 heavy (non-hydrogen) atoms. The molecule has 0 radical (unpaired) electrons. The zero-order valence-corrected chi connectivity index (χ0v) is 20.3. The number of aldehydes is 1. The molecule has 0 fully saturated rings. The van der Waals surface area contributed by atoms with Gasteiger partial charge >= 0.3 is 0 Å². The minimum absolute atomic E-state index is 0.715. The average molecular weight is 471 g/mol. The minimum Gasteiger partial charge on any atom is -0.387 e. The van der Waals surface area contributed by atoms with Gasteiger partial charge in [-0.1, -0.05) is 90.6 Å². The molecule has 3 N–H and O–H groups in total. The number of rotatable bonds is 7. The van der Waals surface area contributed by atoms with E-state index in [-0.39, 0.29) is 0 Å². The van der Waals surface area contributed by atoms with Gasteiger partial charge < -0.3 is 15.8 Å². The van der Waals surface area contributed by atoms with Gasteiger partial charge in [-0.05, 0) is 53.9 Å². The fourth-order valence-corrected chi connectivity index (χ4v) is 4.47. The van der Waals surface area contributed by atoms with E-state index in [1.165, 1.54) is 29.3 Å². The zero-order chi connectivity index (χ0) is 24.8. The van der Waals surface area contributed by atoms with Crippen molar-refractivity contribution in [3.8, 4) is 11.1 Å². The van der Waals surface area contributed by atoms with Crippen LogP contribution in [0.15, 0.2) is 107 Å². The summed E-state index contributed by atoms with van der Waals surface area (Å²) in [4.78, 5) is 21.4. The summed E-state index contributed by atoms with van der Waals surface area (Å²) in [6, 6.07) is 33.4. The molecule has 4 rings (SSSR count). The number of nitrogens with two attached hydrogens (primary N) is 1. The molecule has 0 atom stereocenters. The van der Waals surface area contributed by atoms with Crippen LogP contribution < -0.4 is 11.1 Å². The van der Waals surface area contributed by atoms with E-state index < -0.39 is 0 Å². The normalized spacial score (nSPS) is 9.62. The summed E-state index contributed by atoms with van der Waals surface area (Å²) in [6.07, 6.45) is 1.79. The molecular weight excluding hydrogens is 440 g/mol. The second-order valence-corrected chi connectivity index (χ2v) is 8.16. The molecule has 0 amide bonds. The van der Waals surface area contributed by atoms with E-state index in [1.807, 2.05) is 44.2 Å². The Morgan fingerprint density at radius 1 is 0.765 bits per heavy atom. The van der Waals surface area contributed by atoms with Gasteiger partial charge in [-0.2, -0.15) is 0 Å². The monoisotopic (exact) mass is 470 g/mol. The van der Waals surface area contributed by atoms with Crippen LogP contribution in [0.5, 0.6) is 0 Å². The number of hydrogen-bond acceptors (Lipinski definition) is 5. The molecule has 4 aromatic carbocycles. The summed E-state index contributed by atoms with van der Waals surface area (Å²) in [5.41, 5.74) is 11.3. The fourth-order valence-electron chi connectivity index (χ4n) is 3.44. The molecule has 0 spiro atoms. The topological polar surface area (TPSA) is 72.2 Å². The van der Waals surface area contributed by atoms with Crippen LogP contribution in [0.2, 0.25) is 0 Å². The van der Waals surface area contributed by atoms with E-state index in [1.54, 1.807) is 11.8 Å². The average Bonchev–Trinajstić information content (AvgIpc) is 2.93. The summed E-state index contributed by atoms with van der Waals surface area (Å²) in [5, 5.41) is 3.30. The summed E-state index contributed by atoms with van der Waals surface area (Å²) in [7, 11) is 3.43. The number of benzene rings is 4. The van der Waals surface area contributed by atoms with Gasteiger partial charge in [-0.3, -0.25) is 4.79 Å². The van der Waals surface area contributed by atoms with Gasteiger partial charge in [-0.25, -0.2) is 0 Å². The zero-order valence-electron chi connectivity index (χ0n) is 19.5. The lowest BCUT2D eigenvalue weighted by atomic mass is 10.00. The Hall–Kier alpha value is -3.67. The van der Waals surface area contributed by atoms with Gasteiger partial charge in [-0.15, -0.1) is 0 Å². The van der Waals surface area contributed by atoms with E-state index in [2.05, 4.69) is 77.8 Å². The predicted molar refractivity (Wildman–Crippen MR) is 144 cm³/mol. The molecular formula is C29H30N2O2S. The fraction of sp³-hybridized carbons (Fsp3) is 0.103. The maximum Gasteiger partial charge on any atom is 0.151 e. The number of carbonyl (C=O) groups is 2. The van der Waals surface area contributed by atoms with Crippen molar-refractivity contribution >= 4 is 30.5 Å². The Kier molecular flexibility index (Phi) is 11.3. The van der Waals surface area contributed by atoms with Crippen molar-refractivity contribution in [1.29, 1.82) is 0 Å². The van der Waals surface area contributed by atoms with Crippen LogP contribution in [0.3, 0.4) is 0 Å². The Labute approximate surface area is 206 Å². The van der Waals surface area contributed by atoms with Crippen molar-refractivity contribution in [1.82, 2.24) is 0 Å². The van der Waals surface area contributed by atoms with Crippen molar-refractivity contribution < 1.29 is 9.59 Å². The number of carbonyl (C=O) groups excluding carboxylic acids is 2. The van der Waals surface area contributed by atoms with E-state index in [0.717, 1.165) is 28.2 Å². The summed E-state index contributed by atoms with van der Waals surface area (Å²) >= 11 is 1.61. The van der Waals surface area contributed by atoms with E-state index in [9.17, 15) is 4.79 Å². The number of anilines is 1. The van der Waals surface area contributed by atoms with Crippen LogP contribution in [0.25, 0.3) is 11.1 Å². The molecule has 0 bridgehead atoms. The highest BCUT2D eigenvalue weighted by molar-refractivity contribution is 7.99. The molecule has 0 saturated carbocycles. The van der Waals surface area contributed by atoms with Crippen molar-refractivity contribution in [3.63, 3.8) is 0 Å². The molecule has 0 saturated heterocycles. The Bertz CT molecular complexity index is 1160. The maximum absolute atomic E-state index is 11.3. The molecule has 0 aliphatic rings. The summed E-state index contributed by atoms with van der Waals surface area (Å²) in [5.74, 6) is 0. The summed E-state index contributed by atoms with van der Waals surface area (Å²) in [6.45, 7) is 2.00. The Balaban J connectivity index is 0.000000970. The Morgan fingerprint density at radius 3 is 2.00 bits per heavy atom. The maximum atomic E-state index is 11.3. The van der Waals surface area contributed by atoms with Gasteiger partial charge in [0.1, 0.15) is 6.79 Å². The molecule has 0 aliphatic carbocycles. The number of hydrogen-bond donors (Lipinski definition) is 2. The molecule has 0 aromatic heterocycles. The van der Waals surface area contributed by atoms with Gasteiger partial charge in [0.2, 0.25) is 0 Å². The SMILES string of the molecule is C=O.CN.CNc1cc(Cc2ccc(-c3ccccc3)cc2)ccc1Sc1ccccc1C=O. The highest BCUT2D eigenvalue weighted by Crippen LogP contribution is 2.35. The first-order chi connectivity index (χ1) is 16.8. The van der Waals surface area contributed by atoms with Gasteiger partial charge in [0.25, 0.3) is 0 Å². The van der Waals surface area contributed by atoms with Crippen molar-refractivity contribution in [2.24, 2.45) is 5.73 Å². The standard InChI is InChI=1S/C27H23NOS.CH5N.CH2O/c1-28-25-18-21(13-16-27(25)30-26-10-6-5-9-24(26)19-29)17-20-11-14-23(15-12-20)22-7-3-2-4-8-22;2*1-2/h2-16,18-19,28H,17H2,1H3;2H2,1H3;1H2. The third-order valence-electron chi connectivity index (χ3n) is 5.05. The van der Waals surface area contributed by atoms with Crippen molar-refractivity contribution in [2.75, 3.05) is 19.4 Å². The molecule has 0 aliphatic heterocycles. The van der Waals surface area contributed by atoms with E-state index in [0.29, 0.717) is 5.56 Å². The predicted octanol–water partition coefficient (Wildman–Crippen LogP) is 6.34. The number of nitrogens with one attached hydrogen (secondary N) is 1. The van der Waals surface area contributed by atoms with Crippen LogP contribution in [-0.2, 0) is 11.2 Å². The first-order valence-corrected chi connectivity index (χ1v) is 11.6. The van der Waals surface area contributed by atoms with Crippen LogP contribution >= 0.6 is 11.8 Å². The van der Waals surface area contributed by atoms with Gasteiger partial charge in [0.15, 0.2) is 6.29 Å². The van der Waals surface area contributed by atoms with Crippen LogP contribution in [-0.4, -0.2) is 27.2 Å². The molecule has 174 valence electrons. The van der Waals surface area contributed by atoms with Crippen LogP contribution in [0.1, 0.15) is 21.5 Å². The van der Waals surface area contributed by atoms with Crippen molar-refractivity contribution in [2.45, 2.75) is 16.2 Å². The lowest BCUT2D eigenvalue weighted by molar-refractivity contribution is -0.0980. The summed E-state index contributed by atoms with van der Waals surface area (Å²) < 4.78 is 0. The lowest BCUT2D eigenvalue weighted by Gasteiger charge is -2.12. The second-order valence-electron chi connectivity index (χ2n) is 7.08. The van der Waals surface area contributed by atoms with Crippen LogP contribution in [0.4, 0.5) is 5.69 Å². The quantitative estimate of drug-likeness (QED) is 0.308. The van der Waals surface area contributed by atoms with Gasteiger partial charge in [0.05, 0.1) is 0 Å². The smallest absolute Gasteiger partial charge is 0.151 e. The highest BCUT2D eigenvalue weighted by atomic mass is 32.2. The van der Waals surface area contributed by atoms with Crippen molar-refractivity contribution in [3.05, 3.63) is 114 Å². The van der Waals surface area contributed by atoms with Gasteiger partial charge in [0, 0.05) is 28.1 Å². The molecule has 0 unspecified atom stereocenters. The minimum atomic E-state index is 0.715. The third kappa shape index (κ3) is 7.17. The largest absolute Gasteiger partial charge is 0.387 e. The van der Waals surface area contributed by atoms with Crippen LogP contribution in [0, 0.1) is 0 Å². The Morgan fingerprint density at radius 2 is 1.35 bits per heavy atom. The molecule has 5 heteroatoms. The van der Waals surface area contributed by atoms with E-state index in [4.69, 9.17) is 4.79 Å². The first kappa shape index (κ1) is 26.6. The third-order valence-corrected chi connectivity index (χ3v) is 6.22. The lowest BCUT2D eigenvalue weighted by Crippen LogP contribution is -1.95.